The molecule has 0 aliphatic heterocycles. The lowest BCUT2D eigenvalue weighted by molar-refractivity contribution is -0.385. The zero-order chi connectivity index (χ0) is 14.0. The quantitative estimate of drug-likeness (QED) is 0.598. The molecule has 2 rings (SSSR count). The van der Waals surface area contributed by atoms with Crippen molar-refractivity contribution in [3.05, 3.63) is 65.7 Å². The van der Waals surface area contributed by atoms with Gasteiger partial charge in [-0.25, -0.2) is 4.98 Å². The first-order valence-electron chi connectivity index (χ1n) is 5.12. The summed E-state index contributed by atoms with van der Waals surface area (Å²) < 4.78 is 2.23. The molecule has 0 radical (unpaired) electrons. The molecule has 0 aliphatic rings. The van der Waals surface area contributed by atoms with E-state index in [9.17, 15) is 14.9 Å². The fourth-order valence-corrected chi connectivity index (χ4v) is 2.26. The lowest BCUT2D eigenvalue weighted by atomic mass is 10.2. The second-order valence-corrected chi connectivity index (χ2v) is 5.47. The van der Waals surface area contributed by atoms with E-state index in [1.54, 1.807) is 12.1 Å². The SMILES string of the molecule is O=c1c(Br)cncn1Cc1ccc(Br)cc1[N+](=O)[O-]. The topological polar surface area (TPSA) is 78.0 Å². The molecule has 2 aromatic rings. The van der Waals surface area contributed by atoms with Gasteiger partial charge in [-0.15, -0.1) is 0 Å². The van der Waals surface area contributed by atoms with Crippen LogP contribution in [-0.2, 0) is 6.54 Å². The number of nitro groups is 1. The highest BCUT2D eigenvalue weighted by Gasteiger charge is 2.15. The smallest absolute Gasteiger partial charge is 0.275 e. The van der Waals surface area contributed by atoms with Crippen molar-refractivity contribution >= 4 is 37.5 Å². The van der Waals surface area contributed by atoms with E-state index in [-0.39, 0.29) is 17.8 Å². The Kier molecular flexibility index (Phi) is 4.11. The predicted octanol–water partition coefficient (Wildman–Crippen LogP) is 2.72. The van der Waals surface area contributed by atoms with Gasteiger partial charge in [0.05, 0.1) is 17.8 Å². The Morgan fingerprint density at radius 2 is 2.11 bits per heavy atom. The molecule has 8 heteroatoms. The third-order valence-electron chi connectivity index (χ3n) is 2.44. The molecule has 0 atom stereocenters. The van der Waals surface area contributed by atoms with Gasteiger partial charge in [0, 0.05) is 22.3 Å². The maximum atomic E-state index is 11.8. The lowest BCUT2D eigenvalue weighted by Crippen LogP contribution is -2.21. The van der Waals surface area contributed by atoms with E-state index in [4.69, 9.17) is 0 Å². The highest BCUT2D eigenvalue weighted by molar-refractivity contribution is 9.10. The second-order valence-electron chi connectivity index (χ2n) is 3.70. The molecule has 0 unspecified atom stereocenters. The number of rotatable bonds is 3. The molecule has 1 heterocycles. The van der Waals surface area contributed by atoms with E-state index in [2.05, 4.69) is 36.8 Å². The summed E-state index contributed by atoms with van der Waals surface area (Å²) in [6.07, 6.45) is 2.73. The molecular formula is C11H7Br2N3O3. The first-order valence-corrected chi connectivity index (χ1v) is 6.70. The molecule has 1 aromatic heterocycles. The third kappa shape index (κ3) is 3.07. The Morgan fingerprint density at radius 1 is 1.37 bits per heavy atom. The Labute approximate surface area is 124 Å². The fraction of sp³-hybridized carbons (Fsp3) is 0.0909. The van der Waals surface area contributed by atoms with E-state index >= 15 is 0 Å². The standard InChI is InChI=1S/C11H7Br2N3O3/c12-8-2-1-7(10(3-8)16(18)19)5-15-6-14-4-9(13)11(15)17/h1-4,6H,5H2. The molecule has 0 bridgehead atoms. The molecule has 0 fully saturated rings. The summed E-state index contributed by atoms with van der Waals surface area (Å²) in [5.74, 6) is 0. The third-order valence-corrected chi connectivity index (χ3v) is 3.48. The number of halogens is 2. The van der Waals surface area contributed by atoms with Crippen LogP contribution in [0, 0.1) is 10.1 Å². The summed E-state index contributed by atoms with van der Waals surface area (Å²) in [6.45, 7) is 0.0921. The normalized spacial score (nSPS) is 10.4. The number of nitrogens with zero attached hydrogens (tertiary/aromatic N) is 3. The van der Waals surface area contributed by atoms with Gasteiger partial charge in [0.25, 0.3) is 11.2 Å². The zero-order valence-electron chi connectivity index (χ0n) is 9.42. The Hall–Kier alpha value is -1.54. The van der Waals surface area contributed by atoms with Crippen LogP contribution in [-0.4, -0.2) is 14.5 Å². The summed E-state index contributed by atoms with van der Waals surface area (Å²) in [5, 5.41) is 11.0. The average molecular weight is 389 g/mol. The van der Waals surface area contributed by atoms with Crippen LogP contribution < -0.4 is 5.56 Å². The summed E-state index contributed by atoms with van der Waals surface area (Å²) in [4.78, 5) is 26.2. The molecule has 0 N–H and O–H groups in total. The van der Waals surface area contributed by atoms with Crippen molar-refractivity contribution in [2.75, 3.05) is 0 Å². The number of benzene rings is 1. The van der Waals surface area contributed by atoms with Crippen LogP contribution in [0.4, 0.5) is 5.69 Å². The van der Waals surface area contributed by atoms with Gasteiger partial charge in [-0.3, -0.25) is 19.5 Å². The van der Waals surface area contributed by atoms with Crippen molar-refractivity contribution in [1.29, 1.82) is 0 Å². The van der Waals surface area contributed by atoms with Gasteiger partial charge >= 0.3 is 0 Å². The van der Waals surface area contributed by atoms with E-state index in [0.29, 0.717) is 14.5 Å². The van der Waals surface area contributed by atoms with Crippen molar-refractivity contribution in [2.24, 2.45) is 0 Å². The minimum Gasteiger partial charge on any atom is -0.294 e. The van der Waals surface area contributed by atoms with Crippen LogP contribution in [0.15, 0.2) is 44.5 Å². The zero-order valence-corrected chi connectivity index (χ0v) is 12.6. The van der Waals surface area contributed by atoms with Gasteiger partial charge < -0.3 is 0 Å². The Balaban J connectivity index is 2.47. The Bertz CT molecular complexity index is 700. The van der Waals surface area contributed by atoms with Crippen molar-refractivity contribution in [1.82, 2.24) is 9.55 Å². The average Bonchev–Trinajstić information content (AvgIpc) is 2.36. The van der Waals surface area contributed by atoms with Gasteiger partial charge in [0.1, 0.15) is 4.47 Å². The molecular weight excluding hydrogens is 382 g/mol. The Morgan fingerprint density at radius 3 is 2.79 bits per heavy atom. The van der Waals surface area contributed by atoms with Crippen LogP contribution in [0.3, 0.4) is 0 Å². The largest absolute Gasteiger partial charge is 0.294 e. The van der Waals surface area contributed by atoms with Crippen molar-refractivity contribution < 1.29 is 4.92 Å². The fourth-order valence-electron chi connectivity index (χ4n) is 1.56. The first-order chi connectivity index (χ1) is 8.99. The summed E-state index contributed by atoms with van der Waals surface area (Å²) in [5.41, 5.74) is 0.115. The van der Waals surface area contributed by atoms with Crippen LogP contribution in [0.1, 0.15) is 5.56 Å². The van der Waals surface area contributed by atoms with Crippen LogP contribution >= 0.6 is 31.9 Å². The summed E-state index contributed by atoms with van der Waals surface area (Å²) in [7, 11) is 0. The first kappa shape index (κ1) is 13.9. The number of aromatic nitrogens is 2. The van der Waals surface area contributed by atoms with Crippen LogP contribution in [0.2, 0.25) is 0 Å². The van der Waals surface area contributed by atoms with Crippen LogP contribution in [0.25, 0.3) is 0 Å². The molecule has 98 valence electrons. The minimum absolute atomic E-state index is 0.0405. The van der Waals surface area contributed by atoms with Gasteiger partial charge in [-0.1, -0.05) is 15.9 Å². The maximum absolute atomic E-state index is 11.8. The van der Waals surface area contributed by atoms with Crippen molar-refractivity contribution in [3.8, 4) is 0 Å². The molecule has 1 aromatic carbocycles. The van der Waals surface area contributed by atoms with E-state index in [1.807, 2.05) is 0 Å². The number of hydrogen-bond donors (Lipinski definition) is 0. The van der Waals surface area contributed by atoms with Crippen LogP contribution in [0.5, 0.6) is 0 Å². The highest BCUT2D eigenvalue weighted by Crippen LogP contribution is 2.24. The van der Waals surface area contributed by atoms with E-state index < -0.39 is 4.92 Å². The van der Waals surface area contributed by atoms with Crippen molar-refractivity contribution in [3.63, 3.8) is 0 Å². The van der Waals surface area contributed by atoms with Gasteiger partial charge in [0.15, 0.2) is 0 Å². The van der Waals surface area contributed by atoms with E-state index in [0.717, 1.165) is 0 Å². The minimum atomic E-state index is -0.476. The molecule has 19 heavy (non-hydrogen) atoms. The summed E-state index contributed by atoms with van der Waals surface area (Å²) >= 11 is 6.26. The highest BCUT2D eigenvalue weighted by atomic mass is 79.9. The monoisotopic (exact) mass is 387 g/mol. The van der Waals surface area contributed by atoms with Crippen molar-refractivity contribution in [2.45, 2.75) is 6.54 Å². The maximum Gasteiger partial charge on any atom is 0.275 e. The molecule has 0 saturated heterocycles. The summed E-state index contributed by atoms with van der Waals surface area (Å²) in [6, 6.07) is 4.71. The van der Waals surface area contributed by atoms with Gasteiger partial charge in [-0.05, 0) is 28.1 Å². The molecule has 0 aliphatic carbocycles. The molecule has 6 nitrogen and oxygen atoms in total. The molecule has 0 spiro atoms. The van der Waals surface area contributed by atoms with E-state index in [1.165, 1.54) is 23.2 Å². The second kappa shape index (κ2) is 5.62. The van der Waals surface area contributed by atoms with Gasteiger partial charge in [0.2, 0.25) is 0 Å². The molecule has 0 amide bonds. The number of hydrogen-bond acceptors (Lipinski definition) is 4. The van der Waals surface area contributed by atoms with Gasteiger partial charge in [-0.2, -0.15) is 0 Å². The predicted molar refractivity (Wildman–Crippen MR) is 76.1 cm³/mol. The molecule has 0 saturated carbocycles. The number of nitro benzene ring substituents is 1. The lowest BCUT2D eigenvalue weighted by Gasteiger charge is -2.06.